The van der Waals surface area contributed by atoms with E-state index in [0.29, 0.717) is 5.75 Å². The highest BCUT2D eigenvalue weighted by Gasteiger charge is 2.29. The third-order valence-corrected chi connectivity index (χ3v) is 3.79. The van der Waals surface area contributed by atoms with E-state index in [0.717, 1.165) is 11.1 Å². The zero-order chi connectivity index (χ0) is 12.5. The van der Waals surface area contributed by atoms with Gasteiger partial charge < -0.3 is 9.84 Å². The van der Waals surface area contributed by atoms with Crippen LogP contribution in [0.4, 0.5) is 0 Å². The van der Waals surface area contributed by atoms with Gasteiger partial charge >= 0.3 is 0 Å². The van der Waals surface area contributed by atoms with Gasteiger partial charge in [0, 0.05) is 10.4 Å². The molecule has 3 heteroatoms. The van der Waals surface area contributed by atoms with E-state index in [1.54, 1.807) is 25.4 Å². The highest BCUT2D eigenvalue weighted by Crippen LogP contribution is 2.36. The van der Waals surface area contributed by atoms with Crippen LogP contribution in [0.2, 0.25) is 0 Å². The third kappa shape index (κ3) is 2.21. The van der Waals surface area contributed by atoms with E-state index in [2.05, 4.69) is 0 Å². The Balaban J connectivity index is 2.50. The number of para-hydroxylation sites is 1. The van der Waals surface area contributed by atoms with E-state index in [9.17, 15) is 5.11 Å². The van der Waals surface area contributed by atoms with Gasteiger partial charge in [0.25, 0.3) is 0 Å². The first kappa shape index (κ1) is 12.1. The van der Waals surface area contributed by atoms with Gasteiger partial charge in [0.1, 0.15) is 11.4 Å². The topological polar surface area (TPSA) is 29.5 Å². The predicted octanol–water partition coefficient (Wildman–Crippen LogP) is 3.32. The largest absolute Gasteiger partial charge is 0.496 e. The van der Waals surface area contributed by atoms with Gasteiger partial charge in [-0.2, -0.15) is 0 Å². The smallest absolute Gasteiger partial charge is 0.125 e. The minimum absolute atomic E-state index is 0.710. The zero-order valence-electron chi connectivity index (χ0n) is 10.2. The molecule has 0 aliphatic carbocycles. The number of hydrogen-bond acceptors (Lipinski definition) is 3. The van der Waals surface area contributed by atoms with Crippen molar-refractivity contribution >= 4 is 11.3 Å². The van der Waals surface area contributed by atoms with Crippen molar-refractivity contribution < 1.29 is 9.84 Å². The van der Waals surface area contributed by atoms with Gasteiger partial charge in [0.15, 0.2) is 0 Å². The second kappa shape index (κ2) is 4.51. The first-order valence-electron chi connectivity index (χ1n) is 5.47. The first-order chi connectivity index (χ1) is 8.05. The van der Waals surface area contributed by atoms with Crippen molar-refractivity contribution in [1.82, 2.24) is 0 Å². The molecule has 0 aliphatic rings. The summed E-state index contributed by atoms with van der Waals surface area (Å²) in [6, 6.07) is 9.58. The highest BCUT2D eigenvalue weighted by atomic mass is 32.1. The van der Waals surface area contributed by atoms with Gasteiger partial charge in [-0.25, -0.2) is 0 Å². The van der Waals surface area contributed by atoms with Crippen molar-refractivity contribution in [3.63, 3.8) is 0 Å². The molecule has 1 atom stereocenters. The Bertz CT molecular complexity index is 514. The van der Waals surface area contributed by atoms with Crippen LogP contribution in [0.15, 0.2) is 35.7 Å². The molecule has 2 rings (SSSR count). The first-order valence-corrected chi connectivity index (χ1v) is 6.35. The lowest BCUT2D eigenvalue weighted by Gasteiger charge is -2.25. The molecule has 90 valence electrons. The van der Waals surface area contributed by atoms with Crippen molar-refractivity contribution in [3.05, 3.63) is 51.7 Å². The number of ether oxygens (including phenoxy) is 1. The van der Waals surface area contributed by atoms with Crippen molar-refractivity contribution in [3.8, 4) is 5.75 Å². The Morgan fingerprint density at radius 3 is 2.59 bits per heavy atom. The maximum absolute atomic E-state index is 10.7. The van der Waals surface area contributed by atoms with Gasteiger partial charge in [0.2, 0.25) is 0 Å². The SMILES string of the molecule is COc1ccccc1C(C)(O)c1csc(C)c1. The monoisotopic (exact) mass is 248 g/mol. The van der Waals surface area contributed by atoms with E-state index in [4.69, 9.17) is 4.74 Å². The molecule has 2 aromatic rings. The molecule has 1 unspecified atom stereocenters. The van der Waals surface area contributed by atoms with Crippen LogP contribution in [0.25, 0.3) is 0 Å². The summed E-state index contributed by atoms with van der Waals surface area (Å²) >= 11 is 1.64. The molecule has 1 aromatic heterocycles. The second-order valence-corrected chi connectivity index (χ2v) is 5.33. The highest BCUT2D eigenvalue weighted by molar-refractivity contribution is 7.10. The number of rotatable bonds is 3. The fraction of sp³-hybridized carbons (Fsp3) is 0.286. The molecule has 0 amide bonds. The number of hydrogen-bond donors (Lipinski definition) is 1. The summed E-state index contributed by atoms with van der Waals surface area (Å²) in [6.45, 7) is 3.83. The summed E-state index contributed by atoms with van der Waals surface area (Å²) in [4.78, 5) is 1.19. The van der Waals surface area contributed by atoms with E-state index < -0.39 is 5.60 Å². The molecule has 2 nitrogen and oxygen atoms in total. The average molecular weight is 248 g/mol. The summed E-state index contributed by atoms with van der Waals surface area (Å²) in [6.07, 6.45) is 0. The van der Waals surface area contributed by atoms with E-state index in [1.807, 2.05) is 42.6 Å². The molecule has 1 aromatic carbocycles. The lowest BCUT2D eigenvalue weighted by molar-refractivity contribution is 0.0994. The number of aryl methyl sites for hydroxylation is 1. The molecular weight excluding hydrogens is 232 g/mol. The van der Waals surface area contributed by atoms with Crippen LogP contribution in [-0.2, 0) is 5.60 Å². The van der Waals surface area contributed by atoms with Crippen molar-refractivity contribution in [2.24, 2.45) is 0 Å². The quantitative estimate of drug-likeness (QED) is 0.903. The Labute approximate surface area is 105 Å². The van der Waals surface area contributed by atoms with Crippen molar-refractivity contribution in [2.75, 3.05) is 7.11 Å². The summed E-state index contributed by atoms with van der Waals surface area (Å²) < 4.78 is 5.30. The predicted molar refractivity (Wildman–Crippen MR) is 70.7 cm³/mol. The minimum atomic E-state index is -1.02. The molecule has 0 bridgehead atoms. The number of methoxy groups -OCH3 is 1. The molecule has 0 spiro atoms. The molecule has 0 aliphatic heterocycles. The minimum Gasteiger partial charge on any atom is -0.496 e. The van der Waals surface area contributed by atoms with Crippen LogP contribution >= 0.6 is 11.3 Å². The second-order valence-electron chi connectivity index (χ2n) is 4.22. The molecular formula is C14H16O2S. The Kier molecular flexibility index (Phi) is 3.22. The average Bonchev–Trinajstić information content (AvgIpc) is 2.76. The lowest BCUT2D eigenvalue weighted by atomic mass is 9.89. The maximum Gasteiger partial charge on any atom is 0.125 e. The summed E-state index contributed by atoms with van der Waals surface area (Å²) in [7, 11) is 1.62. The van der Waals surface area contributed by atoms with Gasteiger partial charge in [0.05, 0.1) is 7.11 Å². The van der Waals surface area contributed by atoms with Gasteiger partial charge in [-0.15, -0.1) is 11.3 Å². The van der Waals surface area contributed by atoms with Crippen LogP contribution in [-0.4, -0.2) is 12.2 Å². The summed E-state index contributed by atoms with van der Waals surface area (Å²) in [5.41, 5.74) is 0.682. The Hall–Kier alpha value is -1.32. The standard InChI is InChI=1S/C14H16O2S/c1-10-8-11(9-17-10)14(2,15)12-6-4-5-7-13(12)16-3/h4-9,15H,1-3H3. The van der Waals surface area contributed by atoms with E-state index in [-0.39, 0.29) is 0 Å². The zero-order valence-corrected chi connectivity index (χ0v) is 11.0. The molecule has 0 saturated carbocycles. The van der Waals surface area contributed by atoms with Crippen molar-refractivity contribution in [1.29, 1.82) is 0 Å². The van der Waals surface area contributed by atoms with Crippen LogP contribution in [0.5, 0.6) is 5.75 Å². The van der Waals surface area contributed by atoms with Crippen LogP contribution in [0.3, 0.4) is 0 Å². The van der Waals surface area contributed by atoms with Gasteiger partial charge in [-0.05, 0) is 36.9 Å². The molecule has 0 saturated heterocycles. The molecule has 0 fully saturated rings. The lowest BCUT2D eigenvalue weighted by Crippen LogP contribution is -2.22. The third-order valence-electron chi connectivity index (χ3n) is 2.92. The molecule has 1 N–H and O–H groups in total. The number of benzene rings is 1. The molecule has 17 heavy (non-hydrogen) atoms. The summed E-state index contributed by atoms with van der Waals surface area (Å²) in [5, 5.41) is 12.7. The van der Waals surface area contributed by atoms with E-state index >= 15 is 0 Å². The normalized spacial score (nSPS) is 14.4. The Morgan fingerprint density at radius 2 is 2.00 bits per heavy atom. The summed E-state index contributed by atoms with van der Waals surface area (Å²) in [5.74, 6) is 0.710. The maximum atomic E-state index is 10.7. The number of aliphatic hydroxyl groups is 1. The van der Waals surface area contributed by atoms with Gasteiger partial charge in [-0.3, -0.25) is 0 Å². The fourth-order valence-electron chi connectivity index (χ4n) is 1.90. The van der Waals surface area contributed by atoms with E-state index in [1.165, 1.54) is 4.88 Å². The number of thiophene rings is 1. The van der Waals surface area contributed by atoms with Crippen molar-refractivity contribution in [2.45, 2.75) is 19.4 Å². The van der Waals surface area contributed by atoms with Gasteiger partial charge in [-0.1, -0.05) is 18.2 Å². The van der Waals surface area contributed by atoms with Crippen LogP contribution < -0.4 is 4.74 Å². The Morgan fingerprint density at radius 1 is 1.29 bits per heavy atom. The van der Waals surface area contributed by atoms with Crippen LogP contribution in [0, 0.1) is 6.92 Å². The van der Waals surface area contributed by atoms with Crippen LogP contribution in [0.1, 0.15) is 22.9 Å². The molecule has 1 heterocycles. The fourth-order valence-corrected chi connectivity index (χ4v) is 2.71. The molecule has 0 radical (unpaired) electrons.